The van der Waals surface area contributed by atoms with Crippen molar-refractivity contribution in [2.45, 2.75) is 13.8 Å². The summed E-state index contributed by atoms with van der Waals surface area (Å²) in [6.45, 7) is 3.53. The van der Waals surface area contributed by atoms with Gasteiger partial charge in [0.25, 0.3) is 17.7 Å². The van der Waals surface area contributed by atoms with Crippen molar-refractivity contribution in [3.8, 4) is 5.75 Å². The van der Waals surface area contributed by atoms with Gasteiger partial charge >= 0.3 is 6.03 Å². The molecule has 2 N–H and O–H groups in total. The molecule has 0 spiro atoms. The molecule has 0 atom stereocenters. The van der Waals surface area contributed by atoms with Crippen molar-refractivity contribution in [2.75, 3.05) is 16.8 Å². The Bertz CT molecular complexity index is 1400. The van der Waals surface area contributed by atoms with Crippen LogP contribution < -0.4 is 20.3 Å². The van der Waals surface area contributed by atoms with Gasteiger partial charge in [-0.2, -0.15) is 0 Å². The van der Waals surface area contributed by atoms with Crippen molar-refractivity contribution in [2.24, 2.45) is 0 Å². The molecule has 0 unspecified atom stereocenters. The fraction of sp³-hybridized carbons (Fsp3) is 0.111. The Labute approximate surface area is 216 Å². The molecule has 1 fully saturated rings. The number of hydrogen-bond donors (Lipinski definition) is 2. The maximum absolute atomic E-state index is 13.1. The molecule has 1 heterocycles. The second kappa shape index (κ2) is 10.6. The first kappa shape index (κ1) is 24.9. The molecular weight excluding hydrogens is 526 g/mol. The minimum atomic E-state index is -0.831. The van der Waals surface area contributed by atoms with Crippen LogP contribution in [0.4, 0.5) is 16.2 Å². The highest BCUT2D eigenvalue weighted by atomic mass is 79.9. The number of anilines is 2. The molecule has 9 heteroatoms. The van der Waals surface area contributed by atoms with E-state index in [0.717, 1.165) is 16.0 Å². The number of para-hydroxylation sites is 1. The fourth-order valence-electron chi connectivity index (χ4n) is 3.59. The Hall–Kier alpha value is -4.24. The molecule has 0 saturated carbocycles. The molecule has 1 saturated heterocycles. The zero-order valence-corrected chi connectivity index (χ0v) is 21.1. The van der Waals surface area contributed by atoms with Crippen molar-refractivity contribution in [1.29, 1.82) is 0 Å². The molecule has 1 aliphatic rings. The zero-order valence-electron chi connectivity index (χ0n) is 19.5. The Kier molecular flexibility index (Phi) is 7.30. The summed E-state index contributed by atoms with van der Waals surface area (Å²) in [5, 5.41) is 5.02. The predicted octanol–water partition coefficient (Wildman–Crippen LogP) is 4.75. The topological polar surface area (TPSA) is 105 Å². The third-order valence-electron chi connectivity index (χ3n) is 5.41. The van der Waals surface area contributed by atoms with Crippen LogP contribution in [0.1, 0.15) is 16.7 Å². The van der Waals surface area contributed by atoms with Crippen LogP contribution in [0.15, 0.2) is 76.8 Å². The van der Waals surface area contributed by atoms with Gasteiger partial charge in [-0.25, -0.2) is 9.69 Å². The van der Waals surface area contributed by atoms with Crippen molar-refractivity contribution in [3.05, 3.63) is 93.5 Å². The van der Waals surface area contributed by atoms with Crippen LogP contribution in [-0.2, 0) is 14.4 Å². The lowest BCUT2D eigenvalue weighted by molar-refractivity contribution is -0.122. The number of ether oxygens (including phenoxy) is 1. The average molecular weight is 548 g/mol. The lowest BCUT2D eigenvalue weighted by atomic mass is 10.1. The number of aryl methyl sites for hydroxylation is 2. The van der Waals surface area contributed by atoms with Crippen molar-refractivity contribution in [1.82, 2.24) is 5.32 Å². The Morgan fingerprint density at radius 2 is 1.78 bits per heavy atom. The minimum Gasteiger partial charge on any atom is -0.483 e. The number of rotatable bonds is 6. The van der Waals surface area contributed by atoms with Crippen LogP contribution in [0.3, 0.4) is 0 Å². The van der Waals surface area contributed by atoms with E-state index in [2.05, 4.69) is 26.6 Å². The highest BCUT2D eigenvalue weighted by Gasteiger charge is 2.36. The zero-order chi connectivity index (χ0) is 25.8. The maximum Gasteiger partial charge on any atom is 0.335 e. The summed E-state index contributed by atoms with van der Waals surface area (Å²) in [5.74, 6) is -1.67. The monoisotopic (exact) mass is 547 g/mol. The van der Waals surface area contributed by atoms with Gasteiger partial charge in [0, 0.05) is 15.7 Å². The molecule has 8 nitrogen and oxygen atoms in total. The number of carbonyl (C=O) groups excluding carboxylic acids is 4. The Balaban J connectivity index is 1.58. The second-order valence-electron chi connectivity index (χ2n) is 8.13. The lowest BCUT2D eigenvalue weighted by Gasteiger charge is -2.26. The van der Waals surface area contributed by atoms with E-state index < -0.39 is 17.8 Å². The molecular formula is C27H22BrN3O5. The Morgan fingerprint density at radius 3 is 2.53 bits per heavy atom. The third kappa shape index (κ3) is 5.52. The second-order valence-corrected chi connectivity index (χ2v) is 9.05. The van der Waals surface area contributed by atoms with E-state index >= 15 is 0 Å². The number of urea groups is 1. The number of amides is 5. The van der Waals surface area contributed by atoms with Gasteiger partial charge in [0.15, 0.2) is 6.61 Å². The van der Waals surface area contributed by atoms with E-state index in [-0.39, 0.29) is 23.8 Å². The van der Waals surface area contributed by atoms with Gasteiger partial charge in [-0.05, 0) is 67.4 Å². The molecule has 182 valence electrons. The number of hydrogen-bond acceptors (Lipinski definition) is 5. The highest BCUT2D eigenvalue weighted by Crippen LogP contribution is 2.28. The normalized spacial score (nSPS) is 14.6. The number of barbiturate groups is 1. The van der Waals surface area contributed by atoms with Crippen molar-refractivity contribution < 1.29 is 23.9 Å². The molecule has 3 aromatic carbocycles. The summed E-state index contributed by atoms with van der Waals surface area (Å²) < 4.78 is 6.41. The van der Waals surface area contributed by atoms with Gasteiger partial charge in [-0.1, -0.05) is 46.3 Å². The minimum absolute atomic E-state index is 0.249. The van der Waals surface area contributed by atoms with Gasteiger partial charge in [-0.15, -0.1) is 0 Å². The number of carbonyl (C=O) groups is 4. The Morgan fingerprint density at radius 1 is 1.03 bits per heavy atom. The van der Waals surface area contributed by atoms with E-state index in [4.69, 9.17) is 4.74 Å². The third-order valence-corrected chi connectivity index (χ3v) is 5.91. The van der Waals surface area contributed by atoms with E-state index in [0.29, 0.717) is 21.4 Å². The number of imide groups is 2. The smallest absolute Gasteiger partial charge is 0.335 e. The van der Waals surface area contributed by atoms with Crippen LogP contribution in [0.2, 0.25) is 0 Å². The summed E-state index contributed by atoms with van der Waals surface area (Å²) in [6.07, 6.45) is 1.34. The summed E-state index contributed by atoms with van der Waals surface area (Å²) in [6, 6.07) is 18.2. The van der Waals surface area contributed by atoms with Crippen LogP contribution in [-0.4, -0.2) is 30.4 Å². The highest BCUT2D eigenvalue weighted by molar-refractivity contribution is 9.10. The largest absolute Gasteiger partial charge is 0.483 e. The lowest BCUT2D eigenvalue weighted by Crippen LogP contribution is -2.54. The summed E-state index contributed by atoms with van der Waals surface area (Å²) in [4.78, 5) is 51.5. The number of halogens is 1. The molecule has 1 aliphatic heterocycles. The molecule has 0 aliphatic carbocycles. The van der Waals surface area contributed by atoms with Gasteiger partial charge in [0.2, 0.25) is 0 Å². The van der Waals surface area contributed by atoms with E-state index in [1.165, 1.54) is 6.08 Å². The van der Waals surface area contributed by atoms with E-state index in [1.54, 1.807) is 48.5 Å². The van der Waals surface area contributed by atoms with Crippen LogP contribution in [0, 0.1) is 13.8 Å². The summed E-state index contributed by atoms with van der Waals surface area (Å²) >= 11 is 3.37. The molecule has 0 radical (unpaired) electrons. The predicted molar refractivity (Wildman–Crippen MR) is 140 cm³/mol. The van der Waals surface area contributed by atoms with Crippen LogP contribution in [0.25, 0.3) is 6.08 Å². The summed E-state index contributed by atoms with van der Waals surface area (Å²) in [7, 11) is 0. The molecule has 3 aromatic rings. The molecule has 0 bridgehead atoms. The van der Waals surface area contributed by atoms with Gasteiger partial charge in [0.1, 0.15) is 11.3 Å². The average Bonchev–Trinajstić information content (AvgIpc) is 2.84. The van der Waals surface area contributed by atoms with E-state index in [9.17, 15) is 19.2 Å². The number of benzene rings is 3. The quantitative estimate of drug-likeness (QED) is 0.342. The molecule has 0 aromatic heterocycles. The molecule has 4 rings (SSSR count). The van der Waals surface area contributed by atoms with Crippen LogP contribution in [0.5, 0.6) is 5.75 Å². The maximum atomic E-state index is 13.1. The van der Waals surface area contributed by atoms with Crippen molar-refractivity contribution in [3.63, 3.8) is 0 Å². The first-order valence-electron chi connectivity index (χ1n) is 11.0. The van der Waals surface area contributed by atoms with Crippen molar-refractivity contribution >= 4 is 57.1 Å². The first-order valence-corrected chi connectivity index (χ1v) is 11.8. The standard InChI is InChI=1S/C27H22BrN3O5/c1-16-8-9-17(2)22(12-16)29-24(32)15-36-23-11-10-19(28)13-18(23)14-21-25(33)30-27(35)31(26(21)34)20-6-4-3-5-7-20/h3-14H,15H2,1-2H3,(H,29,32)(H,30,33,35)/b21-14-. The van der Waals surface area contributed by atoms with Gasteiger partial charge < -0.3 is 10.1 Å². The SMILES string of the molecule is Cc1ccc(C)c(NC(=O)COc2ccc(Br)cc2/C=C2/C(=O)NC(=O)N(c3ccccc3)C2=O)c1. The van der Waals surface area contributed by atoms with Crippen LogP contribution >= 0.6 is 15.9 Å². The first-order chi connectivity index (χ1) is 17.2. The summed E-state index contributed by atoms with van der Waals surface area (Å²) in [5.41, 5.74) is 3.08. The van der Waals surface area contributed by atoms with Gasteiger partial charge in [-0.3, -0.25) is 19.7 Å². The number of nitrogens with one attached hydrogen (secondary N) is 2. The molecule has 36 heavy (non-hydrogen) atoms. The number of nitrogens with zero attached hydrogens (tertiary/aromatic N) is 1. The fourth-order valence-corrected chi connectivity index (χ4v) is 3.97. The van der Waals surface area contributed by atoms with Gasteiger partial charge in [0.05, 0.1) is 5.69 Å². The molecule has 5 amide bonds. The van der Waals surface area contributed by atoms with E-state index in [1.807, 2.05) is 32.0 Å².